The first-order valence-electron chi connectivity index (χ1n) is 14.1. The Morgan fingerprint density at radius 1 is 1.02 bits per heavy atom. The molecule has 4 atom stereocenters. The zero-order valence-corrected chi connectivity index (χ0v) is 25.5. The first-order valence-corrected chi connectivity index (χ1v) is 14.1. The maximum atomic E-state index is 14.4. The van der Waals surface area contributed by atoms with Gasteiger partial charge in [0.1, 0.15) is 17.7 Å². The normalized spacial score (nSPS) is 17.7. The zero-order valence-electron chi connectivity index (χ0n) is 25.5. The van der Waals surface area contributed by atoms with Crippen LogP contribution in [0.5, 0.6) is 0 Å². The third-order valence-corrected chi connectivity index (χ3v) is 7.33. The van der Waals surface area contributed by atoms with Gasteiger partial charge in [-0.05, 0) is 89.5 Å². The molecule has 9 heteroatoms. The molecule has 0 spiro atoms. The summed E-state index contributed by atoms with van der Waals surface area (Å²) in [4.78, 5) is 54.8. The van der Waals surface area contributed by atoms with Gasteiger partial charge in [-0.1, -0.05) is 48.9 Å². The number of rotatable bonds is 10. The van der Waals surface area contributed by atoms with Crippen LogP contribution < -0.4 is 16.4 Å². The molecule has 9 nitrogen and oxygen atoms in total. The molecule has 2 aromatic carbocycles. The van der Waals surface area contributed by atoms with Crippen LogP contribution in [0.1, 0.15) is 80.8 Å². The van der Waals surface area contributed by atoms with E-state index in [0.717, 1.165) is 22.3 Å². The van der Waals surface area contributed by atoms with Gasteiger partial charge in [-0.2, -0.15) is 0 Å². The first-order chi connectivity index (χ1) is 19.1. The Morgan fingerprint density at radius 3 is 2.17 bits per heavy atom. The average Bonchev–Trinajstić information content (AvgIpc) is 3.58. The highest BCUT2D eigenvalue weighted by atomic mass is 16.6. The van der Waals surface area contributed by atoms with Crippen LogP contribution in [-0.2, 0) is 19.1 Å². The van der Waals surface area contributed by atoms with Gasteiger partial charge in [-0.25, -0.2) is 4.79 Å². The van der Waals surface area contributed by atoms with Gasteiger partial charge < -0.3 is 26.0 Å². The predicted octanol–water partition coefficient (Wildman–Crippen LogP) is 5.00. The van der Waals surface area contributed by atoms with Crippen LogP contribution in [0.4, 0.5) is 10.5 Å². The van der Waals surface area contributed by atoms with Crippen molar-refractivity contribution >= 4 is 29.5 Å². The molecule has 4 N–H and O–H groups in total. The van der Waals surface area contributed by atoms with E-state index < -0.39 is 35.6 Å². The Labute approximate surface area is 243 Å². The van der Waals surface area contributed by atoms with Crippen molar-refractivity contribution in [3.63, 3.8) is 0 Å². The number of alkyl carbamates (subject to hydrolysis) is 1. The maximum absolute atomic E-state index is 14.4. The number of benzene rings is 2. The van der Waals surface area contributed by atoms with Gasteiger partial charge >= 0.3 is 6.09 Å². The summed E-state index contributed by atoms with van der Waals surface area (Å²) in [5, 5.41) is 5.75. The second-order valence-corrected chi connectivity index (χ2v) is 12.2. The van der Waals surface area contributed by atoms with E-state index in [9.17, 15) is 19.2 Å². The zero-order chi connectivity index (χ0) is 30.6. The number of carbonyl (C=O) groups is 4. The monoisotopic (exact) mass is 564 g/mol. The van der Waals surface area contributed by atoms with Gasteiger partial charge in [0.05, 0.1) is 0 Å². The molecule has 0 heterocycles. The minimum Gasteiger partial charge on any atom is -0.444 e. The van der Waals surface area contributed by atoms with Crippen molar-refractivity contribution in [1.82, 2.24) is 10.2 Å². The Morgan fingerprint density at radius 2 is 1.63 bits per heavy atom. The largest absolute Gasteiger partial charge is 0.444 e. The molecule has 4 amide bonds. The van der Waals surface area contributed by atoms with Gasteiger partial charge in [-0.15, -0.1) is 0 Å². The van der Waals surface area contributed by atoms with Crippen molar-refractivity contribution in [2.75, 3.05) is 5.32 Å². The fourth-order valence-corrected chi connectivity index (χ4v) is 5.02. The summed E-state index contributed by atoms with van der Waals surface area (Å²) in [6, 6.07) is 9.27. The van der Waals surface area contributed by atoms with E-state index in [1.807, 2.05) is 71.0 Å². The van der Waals surface area contributed by atoms with Gasteiger partial charge in [0.2, 0.25) is 11.8 Å². The number of para-hydroxylation sites is 1. The molecule has 1 fully saturated rings. The third kappa shape index (κ3) is 8.31. The van der Waals surface area contributed by atoms with Crippen molar-refractivity contribution < 1.29 is 23.9 Å². The summed E-state index contributed by atoms with van der Waals surface area (Å²) in [5.74, 6) is -1.26. The molecule has 1 saturated carbocycles. The fraction of sp³-hybridized carbons (Fsp3) is 0.500. The summed E-state index contributed by atoms with van der Waals surface area (Å²) in [7, 11) is 0. The molecule has 0 bridgehead atoms. The minimum atomic E-state index is -1.12. The van der Waals surface area contributed by atoms with E-state index in [-0.39, 0.29) is 30.7 Å². The number of primary amides is 1. The standard InChI is InChI=1S/C32H44N4O5/c1-18-12-13-19(2)23(16-18)28(29(38)35-27-20(3)10-9-11-21(27)4)36(25-17-22(25)5)30(39)24(14-15-26(33)37)34-31(40)41-32(6,7)8/h9-13,16,22,24-25,28H,14-15,17H2,1-8H3,(H2,33,37)(H,34,40)(H,35,38). The first kappa shape index (κ1) is 31.6. The lowest BCUT2D eigenvalue weighted by atomic mass is 9.95. The summed E-state index contributed by atoms with van der Waals surface area (Å²) < 4.78 is 5.42. The van der Waals surface area contributed by atoms with Crippen molar-refractivity contribution in [1.29, 1.82) is 0 Å². The van der Waals surface area contributed by atoms with Gasteiger partial charge in [-0.3, -0.25) is 14.4 Å². The molecule has 1 aliphatic rings. The third-order valence-electron chi connectivity index (χ3n) is 7.33. The summed E-state index contributed by atoms with van der Waals surface area (Å²) in [5.41, 5.74) is 9.64. The number of amides is 4. The predicted molar refractivity (Wildman–Crippen MR) is 159 cm³/mol. The molecule has 4 unspecified atom stereocenters. The Hall–Kier alpha value is -3.88. The number of aryl methyl sites for hydroxylation is 4. The highest BCUT2D eigenvalue weighted by molar-refractivity contribution is 6.00. The highest BCUT2D eigenvalue weighted by Crippen LogP contribution is 2.42. The van der Waals surface area contributed by atoms with E-state index >= 15 is 0 Å². The van der Waals surface area contributed by atoms with Crippen molar-refractivity contribution in [2.24, 2.45) is 11.7 Å². The molecule has 0 aromatic heterocycles. The number of hydrogen-bond donors (Lipinski definition) is 3. The van der Waals surface area contributed by atoms with Gasteiger partial charge in [0.25, 0.3) is 5.91 Å². The maximum Gasteiger partial charge on any atom is 0.408 e. The summed E-state index contributed by atoms with van der Waals surface area (Å²) in [6.45, 7) is 14.9. The summed E-state index contributed by atoms with van der Waals surface area (Å²) >= 11 is 0. The molecule has 222 valence electrons. The van der Waals surface area contributed by atoms with Crippen LogP contribution in [0.3, 0.4) is 0 Å². The van der Waals surface area contributed by atoms with E-state index in [1.165, 1.54) is 0 Å². The van der Waals surface area contributed by atoms with Gasteiger partial charge in [0, 0.05) is 18.2 Å². The second kappa shape index (κ2) is 12.7. The number of anilines is 1. The smallest absolute Gasteiger partial charge is 0.408 e. The lowest BCUT2D eigenvalue weighted by molar-refractivity contribution is -0.142. The minimum absolute atomic E-state index is 0.0248. The fourth-order valence-electron chi connectivity index (χ4n) is 5.02. The average molecular weight is 565 g/mol. The molecule has 41 heavy (non-hydrogen) atoms. The summed E-state index contributed by atoms with van der Waals surface area (Å²) in [6.07, 6.45) is -0.224. The Kier molecular flexibility index (Phi) is 9.84. The highest BCUT2D eigenvalue weighted by Gasteiger charge is 2.48. The van der Waals surface area contributed by atoms with Gasteiger partial charge in [0.15, 0.2) is 0 Å². The van der Waals surface area contributed by atoms with Crippen molar-refractivity contribution in [3.05, 3.63) is 64.2 Å². The Bertz CT molecular complexity index is 1300. The molecular formula is C32H44N4O5. The molecule has 0 radical (unpaired) electrons. The van der Waals surface area contributed by atoms with Crippen LogP contribution in [0.2, 0.25) is 0 Å². The number of ether oxygens (including phenoxy) is 1. The lowest BCUT2D eigenvalue weighted by Gasteiger charge is -2.36. The molecule has 1 aliphatic carbocycles. The van der Waals surface area contributed by atoms with Crippen LogP contribution in [0.15, 0.2) is 36.4 Å². The molecule has 0 aliphatic heterocycles. The molecule has 2 aromatic rings. The molecular weight excluding hydrogens is 520 g/mol. The van der Waals surface area contributed by atoms with E-state index in [4.69, 9.17) is 10.5 Å². The van der Waals surface area contributed by atoms with Crippen molar-refractivity contribution in [2.45, 2.75) is 98.4 Å². The van der Waals surface area contributed by atoms with Crippen molar-refractivity contribution in [3.8, 4) is 0 Å². The van der Waals surface area contributed by atoms with Crippen LogP contribution in [-0.4, -0.2) is 46.4 Å². The van der Waals surface area contributed by atoms with Crippen LogP contribution in [0, 0.1) is 33.6 Å². The number of hydrogen-bond acceptors (Lipinski definition) is 5. The van der Waals surface area contributed by atoms with Crippen LogP contribution in [0.25, 0.3) is 0 Å². The molecule has 3 rings (SSSR count). The molecule has 0 saturated heterocycles. The quantitative estimate of drug-likeness (QED) is 0.374. The number of carbonyl (C=O) groups excluding carboxylic acids is 4. The Balaban J connectivity index is 2.10. The SMILES string of the molecule is Cc1ccc(C)c(C(C(=O)Nc2c(C)cccc2C)N(C(=O)C(CCC(N)=O)NC(=O)OC(C)(C)C)C2CC2C)c1. The van der Waals surface area contributed by atoms with Crippen LogP contribution >= 0.6 is 0 Å². The van der Waals surface area contributed by atoms with E-state index in [2.05, 4.69) is 10.6 Å². The number of nitrogens with two attached hydrogens (primary N) is 1. The second-order valence-electron chi connectivity index (χ2n) is 12.2. The topological polar surface area (TPSA) is 131 Å². The number of nitrogens with one attached hydrogen (secondary N) is 2. The van der Waals surface area contributed by atoms with E-state index in [1.54, 1.807) is 25.7 Å². The number of nitrogens with zero attached hydrogens (tertiary/aromatic N) is 1. The van der Waals surface area contributed by atoms with E-state index in [0.29, 0.717) is 17.7 Å². The lowest BCUT2D eigenvalue weighted by Crippen LogP contribution is -2.53.